The van der Waals surface area contributed by atoms with E-state index in [9.17, 15) is 14.4 Å². The van der Waals surface area contributed by atoms with Crippen LogP contribution in [0.15, 0.2) is 48.5 Å². The zero-order valence-electron chi connectivity index (χ0n) is 15.6. The molecular formula is C21H22N2O5. The topological polar surface area (TPSA) is 84.9 Å². The maximum atomic E-state index is 12.4. The first-order valence-electron chi connectivity index (χ1n) is 9.14. The molecule has 1 aliphatic rings. The van der Waals surface area contributed by atoms with E-state index in [-0.39, 0.29) is 11.8 Å². The summed E-state index contributed by atoms with van der Waals surface area (Å²) in [6, 6.07) is 13.0. The van der Waals surface area contributed by atoms with Crippen molar-refractivity contribution in [3.8, 4) is 0 Å². The predicted octanol–water partition coefficient (Wildman–Crippen LogP) is 2.59. The second-order valence-electron chi connectivity index (χ2n) is 6.23. The molecule has 0 saturated carbocycles. The number of rotatable bonds is 5. The molecule has 2 aromatic carbocycles. The number of ether oxygens (including phenoxy) is 2. The maximum absolute atomic E-state index is 12.4. The molecule has 1 N–H and O–H groups in total. The van der Waals surface area contributed by atoms with Gasteiger partial charge < -0.3 is 19.7 Å². The molecule has 1 saturated heterocycles. The highest BCUT2D eigenvalue weighted by Crippen LogP contribution is 2.14. The molecule has 146 valence electrons. The van der Waals surface area contributed by atoms with Gasteiger partial charge in [-0.1, -0.05) is 0 Å². The first-order chi connectivity index (χ1) is 13.6. The monoisotopic (exact) mass is 382 g/mol. The number of carbonyl (C=O) groups excluding carboxylic acids is 3. The minimum absolute atomic E-state index is 0.0650. The molecule has 0 aromatic heterocycles. The summed E-state index contributed by atoms with van der Waals surface area (Å²) in [6.45, 7) is 4.28. The van der Waals surface area contributed by atoms with E-state index >= 15 is 0 Å². The maximum Gasteiger partial charge on any atom is 0.338 e. The number of carbonyl (C=O) groups is 3. The van der Waals surface area contributed by atoms with Crippen LogP contribution in [-0.4, -0.2) is 55.6 Å². The van der Waals surface area contributed by atoms with Crippen molar-refractivity contribution in [2.45, 2.75) is 6.92 Å². The van der Waals surface area contributed by atoms with Gasteiger partial charge in [0.1, 0.15) is 0 Å². The summed E-state index contributed by atoms with van der Waals surface area (Å²) >= 11 is 0. The Bertz CT molecular complexity index is 840. The van der Waals surface area contributed by atoms with Crippen molar-refractivity contribution in [2.75, 3.05) is 38.2 Å². The van der Waals surface area contributed by atoms with Crippen molar-refractivity contribution in [3.05, 3.63) is 65.2 Å². The van der Waals surface area contributed by atoms with E-state index in [1.807, 2.05) is 0 Å². The summed E-state index contributed by atoms with van der Waals surface area (Å²) in [5.74, 6) is -0.764. The predicted molar refractivity (Wildman–Crippen MR) is 104 cm³/mol. The first-order valence-corrected chi connectivity index (χ1v) is 9.14. The largest absolute Gasteiger partial charge is 0.462 e. The molecule has 0 radical (unpaired) electrons. The molecular weight excluding hydrogens is 360 g/mol. The van der Waals surface area contributed by atoms with Crippen LogP contribution < -0.4 is 5.32 Å². The number of benzene rings is 2. The number of nitrogens with zero attached hydrogens (tertiary/aromatic N) is 1. The van der Waals surface area contributed by atoms with E-state index in [1.54, 1.807) is 60.4 Å². The zero-order chi connectivity index (χ0) is 19.9. The van der Waals surface area contributed by atoms with Crippen LogP contribution >= 0.6 is 0 Å². The lowest BCUT2D eigenvalue weighted by Crippen LogP contribution is -2.40. The van der Waals surface area contributed by atoms with Gasteiger partial charge in [-0.05, 0) is 55.5 Å². The van der Waals surface area contributed by atoms with Gasteiger partial charge in [-0.25, -0.2) is 4.79 Å². The molecule has 2 amide bonds. The minimum Gasteiger partial charge on any atom is -0.462 e. The summed E-state index contributed by atoms with van der Waals surface area (Å²) in [4.78, 5) is 38.2. The average Bonchev–Trinajstić information content (AvgIpc) is 2.74. The van der Waals surface area contributed by atoms with Crippen molar-refractivity contribution in [1.82, 2.24) is 4.90 Å². The molecule has 7 heteroatoms. The summed E-state index contributed by atoms with van der Waals surface area (Å²) in [5.41, 5.74) is 1.96. The Balaban J connectivity index is 1.61. The van der Waals surface area contributed by atoms with Crippen LogP contribution in [-0.2, 0) is 9.47 Å². The van der Waals surface area contributed by atoms with Gasteiger partial charge >= 0.3 is 5.97 Å². The van der Waals surface area contributed by atoms with E-state index in [0.717, 1.165) is 0 Å². The fourth-order valence-corrected chi connectivity index (χ4v) is 2.82. The molecule has 28 heavy (non-hydrogen) atoms. The van der Waals surface area contributed by atoms with E-state index in [2.05, 4.69) is 5.32 Å². The lowest BCUT2D eigenvalue weighted by atomic mass is 10.1. The van der Waals surface area contributed by atoms with Gasteiger partial charge in [0, 0.05) is 29.9 Å². The normalized spacial score (nSPS) is 13.7. The Morgan fingerprint density at radius 2 is 1.50 bits per heavy atom. The van der Waals surface area contributed by atoms with Crippen molar-refractivity contribution < 1.29 is 23.9 Å². The highest BCUT2D eigenvalue weighted by molar-refractivity contribution is 6.05. The first kappa shape index (κ1) is 19.6. The summed E-state index contributed by atoms with van der Waals surface area (Å²) in [6.07, 6.45) is 0. The number of hydrogen-bond donors (Lipinski definition) is 1. The molecule has 1 aliphatic heterocycles. The molecule has 0 unspecified atom stereocenters. The molecule has 7 nitrogen and oxygen atoms in total. The van der Waals surface area contributed by atoms with Gasteiger partial charge in [0.25, 0.3) is 11.8 Å². The Morgan fingerprint density at radius 1 is 0.929 bits per heavy atom. The quantitative estimate of drug-likeness (QED) is 0.804. The fraction of sp³-hybridized carbons (Fsp3) is 0.286. The zero-order valence-corrected chi connectivity index (χ0v) is 15.6. The average molecular weight is 382 g/mol. The number of anilines is 1. The Labute approximate surface area is 163 Å². The van der Waals surface area contributed by atoms with E-state index in [0.29, 0.717) is 55.3 Å². The second kappa shape index (κ2) is 9.14. The molecule has 2 aromatic rings. The molecule has 0 bridgehead atoms. The van der Waals surface area contributed by atoms with Crippen LogP contribution in [0.25, 0.3) is 0 Å². The number of esters is 1. The molecule has 3 rings (SSSR count). The van der Waals surface area contributed by atoms with E-state index in [1.165, 1.54) is 0 Å². The number of hydrogen-bond acceptors (Lipinski definition) is 5. The third kappa shape index (κ3) is 4.75. The van der Waals surface area contributed by atoms with Crippen LogP contribution in [0.1, 0.15) is 38.0 Å². The molecule has 0 aliphatic carbocycles. The number of nitrogens with one attached hydrogen (secondary N) is 1. The van der Waals surface area contributed by atoms with Gasteiger partial charge in [-0.2, -0.15) is 0 Å². The number of amides is 2. The van der Waals surface area contributed by atoms with Gasteiger partial charge in [0.05, 0.1) is 25.4 Å². The number of morpholine rings is 1. The third-order valence-corrected chi connectivity index (χ3v) is 4.35. The molecule has 0 spiro atoms. The summed E-state index contributed by atoms with van der Waals surface area (Å²) in [7, 11) is 0. The second-order valence-corrected chi connectivity index (χ2v) is 6.23. The lowest BCUT2D eigenvalue weighted by molar-refractivity contribution is 0.0303. The standard InChI is InChI=1S/C21H22N2O5/c1-2-28-21(26)17-7-9-18(10-8-17)22-19(24)15-3-5-16(6-4-15)20(25)23-11-13-27-14-12-23/h3-10H,2,11-14H2,1H3,(H,22,24). The highest BCUT2D eigenvalue weighted by Gasteiger charge is 2.18. The van der Waals surface area contributed by atoms with Gasteiger partial charge in [0.2, 0.25) is 0 Å². The third-order valence-electron chi connectivity index (χ3n) is 4.35. The van der Waals surface area contributed by atoms with Crippen LogP contribution in [0.5, 0.6) is 0 Å². The lowest BCUT2D eigenvalue weighted by Gasteiger charge is -2.26. The van der Waals surface area contributed by atoms with Crippen molar-refractivity contribution >= 4 is 23.5 Å². The molecule has 1 fully saturated rings. The van der Waals surface area contributed by atoms with Crippen molar-refractivity contribution in [1.29, 1.82) is 0 Å². The highest BCUT2D eigenvalue weighted by atomic mass is 16.5. The fourth-order valence-electron chi connectivity index (χ4n) is 2.82. The van der Waals surface area contributed by atoms with Gasteiger partial charge in [0.15, 0.2) is 0 Å². The molecule has 0 atom stereocenters. The van der Waals surface area contributed by atoms with Crippen LogP contribution in [0.2, 0.25) is 0 Å². The smallest absolute Gasteiger partial charge is 0.338 e. The summed E-state index contributed by atoms with van der Waals surface area (Å²) in [5, 5.41) is 2.77. The van der Waals surface area contributed by atoms with Crippen LogP contribution in [0.4, 0.5) is 5.69 Å². The van der Waals surface area contributed by atoms with Crippen molar-refractivity contribution in [2.24, 2.45) is 0 Å². The Morgan fingerprint density at radius 3 is 2.11 bits per heavy atom. The van der Waals surface area contributed by atoms with Crippen molar-refractivity contribution in [3.63, 3.8) is 0 Å². The van der Waals surface area contributed by atoms with E-state index < -0.39 is 5.97 Å². The van der Waals surface area contributed by atoms with Gasteiger partial charge in [-0.15, -0.1) is 0 Å². The van der Waals surface area contributed by atoms with Crippen LogP contribution in [0.3, 0.4) is 0 Å². The SMILES string of the molecule is CCOC(=O)c1ccc(NC(=O)c2ccc(C(=O)N3CCOCC3)cc2)cc1. The molecule has 1 heterocycles. The Kier molecular flexibility index (Phi) is 6.39. The summed E-state index contributed by atoms with van der Waals surface area (Å²) < 4.78 is 10.2. The van der Waals surface area contributed by atoms with E-state index in [4.69, 9.17) is 9.47 Å². The Hall–Kier alpha value is -3.19. The minimum atomic E-state index is -0.402. The van der Waals surface area contributed by atoms with Crippen LogP contribution in [0, 0.1) is 0 Å². The van der Waals surface area contributed by atoms with Gasteiger partial charge in [-0.3, -0.25) is 9.59 Å².